The Morgan fingerprint density at radius 3 is 2.46 bits per heavy atom. The number of aliphatic carboxylic acids is 2. The van der Waals surface area contributed by atoms with Crippen molar-refractivity contribution in [3.8, 4) is 0 Å². The van der Waals surface area contributed by atoms with Crippen molar-refractivity contribution in [3.05, 3.63) is 11.8 Å². The lowest BCUT2D eigenvalue weighted by molar-refractivity contribution is -0.138. The van der Waals surface area contributed by atoms with Gasteiger partial charge in [-0.15, -0.1) is 0 Å². The number of carbonyl (C=O) groups is 3. The van der Waals surface area contributed by atoms with Gasteiger partial charge in [-0.3, -0.25) is 9.59 Å². The standard InChI is InChI=1S/C16H26N2O5S/c1-16(2)8-10(16)13(19)18-12(15(22)23)6-4-3-5-7-24-9-11(17)14(20)21/h6,10-11H,3-5,7-9,17H2,1-2H3,(H,18,19)(H,20,21)(H,22,23)/t10-,11-/m1/s1. The fourth-order valence-electron chi connectivity index (χ4n) is 2.20. The van der Waals surface area contributed by atoms with Crippen LogP contribution in [0.25, 0.3) is 0 Å². The van der Waals surface area contributed by atoms with Crippen LogP contribution in [0, 0.1) is 11.3 Å². The number of hydrogen-bond acceptors (Lipinski definition) is 5. The lowest BCUT2D eigenvalue weighted by Crippen LogP contribution is -2.32. The Labute approximate surface area is 146 Å². The lowest BCUT2D eigenvalue weighted by Gasteiger charge is -2.08. The topological polar surface area (TPSA) is 130 Å². The molecule has 1 amide bonds. The molecule has 0 aliphatic heterocycles. The maximum absolute atomic E-state index is 12.0. The molecule has 1 aliphatic carbocycles. The van der Waals surface area contributed by atoms with Gasteiger partial charge in [0.1, 0.15) is 11.7 Å². The van der Waals surface area contributed by atoms with Crippen LogP contribution in [0.5, 0.6) is 0 Å². The molecule has 0 bridgehead atoms. The lowest BCUT2D eigenvalue weighted by atomic mass is 10.1. The van der Waals surface area contributed by atoms with Gasteiger partial charge >= 0.3 is 11.9 Å². The van der Waals surface area contributed by atoms with E-state index in [1.165, 1.54) is 17.8 Å². The molecule has 0 aromatic rings. The van der Waals surface area contributed by atoms with Gasteiger partial charge in [-0.1, -0.05) is 19.9 Å². The number of unbranched alkanes of at least 4 members (excludes halogenated alkanes) is 2. The number of rotatable bonds is 11. The number of nitrogens with one attached hydrogen (secondary N) is 1. The van der Waals surface area contributed by atoms with Crippen LogP contribution in [-0.2, 0) is 14.4 Å². The van der Waals surface area contributed by atoms with Crippen molar-refractivity contribution in [1.29, 1.82) is 0 Å². The second-order valence-electron chi connectivity index (χ2n) is 6.67. The molecule has 0 aromatic carbocycles. The Balaban J connectivity index is 2.25. The van der Waals surface area contributed by atoms with Gasteiger partial charge in [0.2, 0.25) is 5.91 Å². The highest BCUT2D eigenvalue weighted by molar-refractivity contribution is 7.99. The molecule has 1 fully saturated rings. The molecule has 24 heavy (non-hydrogen) atoms. The van der Waals surface area contributed by atoms with Gasteiger partial charge in [0.05, 0.1) is 0 Å². The second kappa shape index (κ2) is 9.08. The minimum atomic E-state index is -1.14. The van der Waals surface area contributed by atoms with Crippen LogP contribution >= 0.6 is 11.8 Å². The van der Waals surface area contributed by atoms with E-state index >= 15 is 0 Å². The molecule has 136 valence electrons. The fraction of sp³-hybridized carbons (Fsp3) is 0.688. The third kappa shape index (κ3) is 6.92. The SMILES string of the molecule is CC1(C)C[C@@H]1C(=O)NC(=CCCCCSC[C@@H](N)C(=O)O)C(=O)O. The molecule has 1 rings (SSSR count). The molecular weight excluding hydrogens is 332 g/mol. The second-order valence-corrected chi connectivity index (χ2v) is 7.82. The largest absolute Gasteiger partial charge is 0.480 e. The summed E-state index contributed by atoms with van der Waals surface area (Å²) in [5.74, 6) is -1.37. The zero-order chi connectivity index (χ0) is 18.3. The first-order valence-corrected chi connectivity index (χ1v) is 9.11. The molecular formula is C16H26N2O5S. The highest BCUT2D eigenvalue weighted by atomic mass is 32.2. The highest BCUT2D eigenvalue weighted by Gasteiger charge is 2.50. The van der Waals surface area contributed by atoms with Gasteiger partial charge in [0.25, 0.3) is 0 Å². The van der Waals surface area contributed by atoms with Crippen molar-refractivity contribution in [2.75, 3.05) is 11.5 Å². The van der Waals surface area contributed by atoms with Gasteiger partial charge in [0, 0.05) is 11.7 Å². The summed E-state index contributed by atoms with van der Waals surface area (Å²) in [6, 6.07) is -0.851. The summed E-state index contributed by atoms with van der Waals surface area (Å²) < 4.78 is 0. The van der Waals surface area contributed by atoms with Gasteiger partial charge in [-0.2, -0.15) is 11.8 Å². The van der Waals surface area contributed by atoms with Crippen molar-refractivity contribution in [3.63, 3.8) is 0 Å². The van der Waals surface area contributed by atoms with E-state index in [0.717, 1.165) is 25.0 Å². The van der Waals surface area contributed by atoms with Crippen LogP contribution in [0.3, 0.4) is 0 Å². The monoisotopic (exact) mass is 358 g/mol. The van der Waals surface area contributed by atoms with E-state index in [-0.39, 0.29) is 22.9 Å². The van der Waals surface area contributed by atoms with Gasteiger partial charge in [0.15, 0.2) is 0 Å². The van der Waals surface area contributed by atoms with E-state index in [9.17, 15) is 14.4 Å². The molecule has 0 radical (unpaired) electrons. The molecule has 0 spiro atoms. The van der Waals surface area contributed by atoms with E-state index in [1.807, 2.05) is 13.8 Å². The maximum atomic E-state index is 12.0. The van der Waals surface area contributed by atoms with Crippen molar-refractivity contribution < 1.29 is 24.6 Å². The summed E-state index contributed by atoms with van der Waals surface area (Å²) in [6.45, 7) is 3.96. The summed E-state index contributed by atoms with van der Waals surface area (Å²) >= 11 is 1.46. The first-order valence-electron chi connectivity index (χ1n) is 7.95. The Morgan fingerprint density at radius 2 is 1.96 bits per heavy atom. The number of carbonyl (C=O) groups excluding carboxylic acids is 1. The third-order valence-corrected chi connectivity index (χ3v) is 5.20. The minimum absolute atomic E-state index is 0.0400. The molecule has 1 saturated carbocycles. The summed E-state index contributed by atoms with van der Waals surface area (Å²) in [4.78, 5) is 33.7. The number of amides is 1. The van der Waals surface area contributed by atoms with Crippen LogP contribution in [0.1, 0.15) is 39.5 Å². The Kier molecular flexibility index (Phi) is 7.75. The number of thioether (sulfide) groups is 1. The van der Waals surface area contributed by atoms with Crippen molar-refractivity contribution in [1.82, 2.24) is 5.32 Å². The fourth-order valence-corrected chi connectivity index (χ4v) is 3.17. The Hall–Kier alpha value is -1.54. The quantitative estimate of drug-likeness (QED) is 0.325. The average Bonchev–Trinajstić information content (AvgIpc) is 3.13. The van der Waals surface area contributed by atoms with Crippen LogP contribution in [0.15, 0.2) is 11.8 Å². The van der Waals surface area contributed by atoms with Crippen LogP contribution < -0.4 is 11.1 Å². The first-order chi connectivity index (χ1) is 11.1. The zero-order valence-corrected chi connectivity index (χ0v) is 14.9. The number of carboxylic acids is 2. The molecule has 5 N–H and O–H groups in total. The van der Waals surface area contributed by atoms with Crippen LogP contribution in [0.2, 0.25) is 0 Å². The smallest absolute Gasteiger partial charge is 0.352 e. The molecule has 0 heterocycles. The number of allylic oxidation sites excluding steroid dienone is 1. The highest BCUT2D eigenvalue weighted by Crippen LogP contribution is 2.51. The third-order valence-electron chi connectivity index (χ3n) is 4.02. The Morgan fingerprint density at radius 1 is 1.33 bits per heavy atom. The maximum Gasteiger partial charge on any atom is 0.352 e. The number of hydrogen-bond donors (Lipinski definition) is 4. The summed E-state index contributed by atoms with van der Waals surface area (Å²) in [5, 5.41) is 20.3. The number of carboxylic acid groups (broad SMARTS) is 2. The van der Waals surface area contributed by atoms with Crippen molar-refractivity contribution >= 4 is 29.6 Å². The molecule has 0 saturated heterocycles. The van der Waals surface area contributed by atoms with Crippen LogP contribution in [0.4, 0.5) is 0 Å². The van der Waals surface area contributed by atoms with E-state index < -0.39 is 18.0 Å². The summed E-state index contributed by atoms with van der Waals surface area (Å²) in [7, 11) is 0. The van der Waals surface area contributed by atoms with Crippen LogP contribution in [-0.4, -0.2) is 45.6 Å². The van der Waals surface area contributed by atoms with Crippen molar-refractivity contribution in [2.24, 2.45) is 17.1 Å². The average molecular weight is 358 g/mol. The molecule has 0 aromatic heterocycles. The van der Waals surface area contributed by atoms with Gasteiger partial charge < -0.3 is 21.3 Å². The normalized spacial score (nSPS) is 20.3. The van der Waals surface area contributed by atoms with Gasteiger partial charge in [-0.25, -0.2) is 4.79 Å². The molecule has 7 nitrogen and oxygen atoms in total. The van der Waals surface area contributed by atoms with E-state index in [4.69, 9.17) is 15.9 Å². The van der Waals surface area contributed by atoms with Gasteiger partial charge in [-0.05, 0) is 36.9 Å². The molecule has 8 heteroatoms. The zero-order valence-electron chi connectivity index (χ0n) is 14.1. The predicted octanol–water partition coefficient (Wildman–Crippen LogP) is 1.43. The summed E-state index contributed by atoms with van der Waals surface area (Å²) in [6.07, 6.45) is 4.44. The number of nitrogens with two attached hydrogens (primary N) is 1. The molecule has 0 unspecified atom stereocenters. The van der Waals surface area contributed by atoms with Crippen molar-refractivity contribution in [2.45, 2.75) is 45.6 Å². The summed E-state index contributed by atoms with van der Waals surface area (Å²) in [5.41, 5.74) is 5.28. The first kappa shape index (κ1) is 20.5. The van der Waals surface area contributed by atoms with E-state index in [2.05, 4.69) is 5.32 Å². The predicted molar refractivity (Wildman–Crippen MR) is 92.5 cm³/mol. The molecule has 2 atom stereocenters. The molecule has 1 aliphatic rings. The van der Waals surface area contributed by atoms with E-state index in [0.29, 0.717) is 12.2 Å². The minimum Gasteiger partial charge on any atom is -0.480 e. The Bertz CT molecular complexity index is 519. The van der Waals surface area contributed by atoms with E-state index in [1.54, 1.807) is 0 Å².